The van der Waals surface area contributed by atoms with Gasteiger partial charge in [0, 0.05) is 22.1 Å². The summed E-state index contributed by atoms with van der Waals surface area (Å²) in [7, 11) is 1.65. The molecule has 4 heteroatoms. The summed E-state index contributed by atoms with van der Waals surface area (Å²) in [6.45, 7) is 4.81. The van der Waals surface area contributed by atoms with E-state index in [0.717, 1.165) is 28.0 Å². The van der Waals surface area contributed by atoms with Crippen LogP contribution in [-0.2, 0) is 6.54 Å². The number of rotatable bonds is 4. The third kappa shape index (κ3) is 3.47. The van der Waals surface area contributed by atoms with Crippen molar-refractivity contribution in [3.8, 4) is 5.75 Å². The molecule has 0 fully saturated rings. The van der Waals surface area contributed by atoms with Crippen LogP contribution in [0.4, 0.5) is 5.69 Å². The zero-order valence-electron chi connectivity index (χ0n) is 11.8. The molecule has 0 aliphatic heterocycles. The number of hydrogen-bond acceptors (Lipinski definition) is 2. The number of halogens is 2. The van der Waals surface area contributed by atoms with Crippen LogP contribution in [0, 0.1) is 13.8 Å². The second-order valence-corrected chi connectivity index (χ2v) is 6.00. The summed E-state index contributed by atoms with van der Waals surface area (Å²) in [6, 6.07) is 10.2. The van der Waals surface area contributed by atoms with Gasteiger partial charge in [-0.25, -0.2) is 0 Å². The summed E-state index contributed by atoms with van der Waals surface area (Å²) >= 11 is 9.62. The summed E-state index contributed by atoms with van der Waals surface area (Å²) in [6.07, 6.45) is 0. The smallest absolute Gasteiger partial charge is 0.143 e. The van der Waals surface area contributed by atoms with Gasteiger partial charge in [0.05, 0.1) is 12.8 Å². The number of nitrogens with one attached hydrogen (secondary N) is 1. The molecule has 2 aromatic rings. The van der Waals surface area contributed by atoms with E-state index >= 15 is 0 Å². The van der Waals surface area contributed by atoms with Gasteiger partial charge >= 0.3 is 0 Å². The molecule has 0 bridgehead atoms. The highest BCUT2D eigenvalue weighted by atomic mass is 79.9. The van der Waals surface area contributed by atoms with Gasteiger partial charge in [0.2, 0.25) is 0 Å². The average Bonchev–Trinajstić information content (AvgIpc) is 2.43. The maximum absolute atomic E-state index is 6.11. The number of anilines is 1. The largest absolute Gasteiger partial charge is 0.495 e. The summed E-state index contributed by atoms with van der Waals surface area (Å²) in [5, 5.41) is 4.11. The van der Waals surface area contributed by atoms with Crippen molar-refractivity contribution in [1.29, 1.82) is 0 Å². The molecule has 2 rings (SSSR count). The molecule has 2 aromatic carbocycles. The van der Waals surface area contributed by atoms with Gasteiger partial charge in [-0.15, -0.1) is 0 Å². The molecule has 0 saturated carbocycles. The normalized spacial score (nSPS) is 10.4. The Kier molecular flexibility index (Phi) is 4.95. The molecule has 2 nitrogen and oxygen atoms in total. The maximum Gasteiger partial charge on any atom is 0.143 e. The first kappa shape index (κ1) is 15.2. The van der Waals surface area contributed by atoms with Crippen LogP contribution in [0.5, 0.6) is 5.75 Å². The van der Waals surface area contributed by atoms with Crippen LogP contribution in [-0.4, -0.2) is 7.11 Å². The van der Waals surface area contributed by atoms with E-state index in [-0.39, 0.29) is 0 Å². The Morgan fingerprint density at radius 1 is 1.15 bits per heavy atom. The van der Waals surface area contributed by atoms with Gasteiger partial charge in [-0.1, -0.05) is 39.7 Å². The Hall–Kier alpha value is -1.19. The van der Waals surface area contributed by atoms with E-state index in [0.29, 0.717) is 5.02 Å². The average molecular weight is 355 g/mol. The number of benzene rings is 2. The molecule has 1 N–H and O–H groups in total. The second kappa shape index (κ2) is 6.51. The third-order valence-electron chi connectivity index (χ3n) is 3.19. The molecule has 20 heavy (non-hydrogen) atoms. The Bertz CT molecular complexity index is 628. The van der Waals surface area contributed by atoms with Crippen molar-refractivity contribution in [3.05, 3.63) is 56.5 Å². The molecule has 0 heterocycles. The van der Waals surface area contributed by atoms with Gasteiger partial charge in [-0.3, -0.25) is 0 Å². The van der Waals surface area contributed by atoms with Gasteiger partial charge in [0.25, 0.3) is 0 Å². The first-order chi connectivity index (χ1) is 9.51. The fourth-order valence-electron chi connectivity index (χ4n) is 1.98. The first-order valence-electron chi connectivity index (χ1n) is 6.34. The molecule has 0 saturated heterocycles. The highest BCUT2D eigenvalue weighted by Crippen LogP contribution is 2.31. The quantitative estimate of drug-likeness (QED) is 0.800. The molecule has 0 aliphatic rings. The summed E-state index contributed by atoms with van der Waals surface area (Å²) in [4.78, 5) is 0. The van der Waals surface area contributed by atoms with Crippen LogP contribution >= 0.6 is 27.5 Å². The minimum Gasteiger partial charge on any atom is -0.495 e. The summed E-state index contributed by atoms with van der Waals surface area (Å²) < 4.78 is 6.48. The Morgan fingerprint density at radius 3 is 2.55 bits per heavy atom. The van der Waals surface area contributed by atoms with Crippen molar-refractivity contribution >= 4 is 33.2 Å². The monoisotopic (exact) mass is 353 g/mol. The number of methoxy groups -OCH3 is 1. The molecule has 0 unspecified atom stereocenters. The Balaban J connectivity index is 2.18. The SMILES string of the molecule is COc1cc(Cl)c(C)cc1NCc1ccc(Br)c(C)c1. The number of hydrogen-bond donors (Lipinski definition) is 1. The van der Waals surface area contributed by atoms with Crippen molar-refractivity contribution < 1.29 is 4.74 Å². The predicted molar refractivity (Wildman–Crippen MR) is 88.9 cm³/mol. The molecule has 0 radical (unpaired) electrons. The van der Waals surface area contributed by atoms with Crippen LogP contribution in [0.1, 0.15) is 16.7 Å². The van der Waals surface area contributed by atoms with Crippen molar-refractivity contribution in [2.45, 2.75) is 20.4 Å². The predicted octanol–water partition coefficient (Wildman–Crippen LogP) is 5.34. The van der Waals surface area contributed by atoms with Crippen LogP contribution in [0.15, 0.2) is 34.8 Å². The van der Waals surface area contributed by atoms with Gasteiger partial charge in [0.1, 0.15) is 5.75 Å². The first-order valence-corrected chi connectivity index (χ1v) is 7.51. The van der Waals surface area contributed by atoms with Crippen LogP contribution in [0.3, 0.4) is 0 Å². The molecular weight excluding hydrogens is 338 g/mol. The Morgan fingerprint density at radius 2 is 1.90 bits per heavy atom. The molecule has 0 aliphatic carbocycles. The van der Waals surface area contributed by atoms with Gasteiger partial charge in [-0.2, -0.15) is 0 Å². The van der Waals surface area contributed by atoms with Gasteiger partial charge in [-0.05, 0) is 42.7 Å². The van der Waals surface area contributed by atoms with E-state index in [9.17, 15) is 0 Å². The minimum atomic E-state index is 0.715. The molecule has 106 valence electrons. The van der Waals surface area contributed by atoms with Crippen molar-refractivity contribution in [2.75, 3.05) is 12.4 Å². The van der Waals surface area contributed by atoms with E-state index in [1.807, 2.05) is 19.1 Å². The van der Waals surface area contributed by atoms with Crippen LogP contribution in [0.25, 0.3) is 0 Å². The molecule has 0 spiro atoms. The van der Waals surface area contributed by atoms with E-state index in [1.54, 1.807) is 7.11 Å². The molecule has 0 atom stereocenters. The number of ether oxygens (including phenoxy) is 1. The van der Waals surface area contributed by atoms with Crippen molar-refractivity contribution in [3.63, 3.8) is 0 Å². The zero-order valence-corrected chi connectivity index (χ0v) is 14.1. The lowest BCUT2D eigenvalue weighted by Gasteiger charge is -2.13. The van der Waals surface area contributed by atoms with Crippen LogP contribution in [0.2, 0.25) is 5.02 Å². The van der Waals surface area contributed by atoms with Gasteiger partial charge in [0.15, 0.2) is 0 Å². The minimum absolute atomic E-state index is 0.715. The fourth-order valence-corrected chi connectivity index (χ4v) is 2.38. The lowest BCUT2D eigenvalue weighted by molar-refractivity contribution is 0.416. The standard InChI is InChI=1S/C16H17BrClNO/c1-10-6-12(4-5-13(10)17)9-19-15-7-11(2)14(18)8-16(15)20-3/h4-8,19H,9H2,1-3H3. The lowest BCUT2D eigenvalue weighted by Crippen LogP contribution is -2.02. The summed E-state index contributed by atoms with van der Waals surface area (Å²) in [5.41, 5.74) is 4.43. The lowest BCUT2D eigenvalue weighted by atomic mass is 10.1. The summed E-state index contributed by atoms with van der Waals surface area (Å²) in [5.74, 6) is 0.759. The zero-order chi connectivity index (χ0) is 14.7. The van der Waals surface area contributed by atoms with E-state index < -0.39 is 0 Å². The van der Waals surface area contributed by atoms with Crippen LogP contribution < -0.4 is 10.1 Å². The maximum atomic E-state index is 6.11. The molecular formula is C16H17BrClNO. The third-order valence-corrected chi connectivity index (χ3v) is 4.48. The second-order valence-electron chi connectivity index (χ2n) is 4.74. The number of aryl methyl sites for hydroxylation is 2. The van der Waals surface area contributed by atoms with Gasteiger partial charge < -0.3 is 10.1 Å². The molecule has 0 amide bonds. The highest BCUT2D eigenvalue weighted by Gasteiger charge is 2.07. The topological polar surface area (TPSA) is 21.3 Å². The van der Waals surface area contributed by atoms with E-state index in [1.165, 1.54) is 11.1 Å². The van der Waals surface area contributed by atoms with Crippen molar-refractivity contribution in [1.82, 2.24) is 0 Å². The fraction of sp³-hybridized carbons (Fsp3) is 0.250. The molecule has 0 aromatic heterocycles. The van der Waals surface area contributed by atoms with E-state index in [2.05, 4.69) is 46.4 Å². The van der Waals surface area contributed by atoms with E-state index in [4.69, 9.17) is 16.3 Å². The Labute approximate surface area is 133 Å². The highest BCUT2D eigenvalue weighted by molar-refractivity contribution is 9.10. The van der Waals surface area contributed by atoms with Crippen molar-refractivity contribution in [2.24, 2.45) is 0 Å².